The number of carbonyl (C=O) groups excluding carboxylic acids is 2. The van der Waals surface area contributed by atoms with Gasteiger partial charge in [-0.2, -0.15) is 0 Å². The number of aliphatic hydroxyl groups is 1. The molecule has 3 aromatic rings. The minimum absolute atomic E-state index is 0.0288. The maximum Gasteiger partial charge on any atom is 0.301 e. The number of Topliss-reactive ketones (excluding diaryl/α,β-unsaturated/α-hetero) is 1. The highest BCUT2D eigenvalue weighted by Crippen LogP contribution is 2.44. The Morgan fingerprint density at radius 3 is 2.28 bits per heavy atom. The zero-order chi connectivity index (χ0) is 23.0. The summed E-state index contributed by atoms with van der Waals surface area (Å²) in [7, 11) is 3.02. The minimum atomic E-state index is -0.913. The number of hydrogen-bond donors (Lipinski definition) is 1. The Hall–Kier alpha value is -3.72. The van der Waals surface area contributed by atoms with Crippen molar-refractivity contribution in [2.45, 2.75) is 19.9 Å². The summed E-state index contributed by atoms with van der Waals surface area (Å²) >= 11 is 1.19. The van der Waals surface area contributed by atoms with Gasteiger partial charge in [-0.05, 0) is 31.5 Å². The van der Waals surface area contributed by atoms with Crippen LogP contribution in [0.15, 0.2) is 48.0 Å². The highest BCUT2D eigenvalue weighted by molar-refractivity contribution is 7.15. The summed E-state index contributed by atoms with van der Waals surface area (Å²) in [6.07, 6.45) is 0. The van der Waals surface area contributed by atoms with Gasteiger partial charge in [0.05, 0.1) is 25.8 Å². The SMILES string of the molecule is COc1ccc([C@@H]2/C(=C(\O)c3ccc(C)cc3)C(=O)C(=O)N2c2nnc(C)s2)cc1OC. The van der Waals surface area contributed by atoms with Crippen LogP contribution in [0.4, 0.5) is 5.13 Å². The molecule has 1 saturated heterocycles. The van der Waals surface area contributed by atoms with Gasteiger partial charge in [0.1, 0.15) is 10.8 Å². The molecule has 0 saturated carbocycles. The molecule has 9 heteroatoms. The van der Waals surface area contributed by atoms with E-state index in [2.05, 4.69) is 10.2 Å². The van der Waals surface area contributed by atoms with E-state index in [0.29, 0.717) is 27.6 Å². The van der Waals surface area contributed by atoms with Gasteiger partial charge in [-0.15, -0.1) is 10.2 Å². The van der Waals surface area contributed by atoms with Gasteiger partial charge in [0.15, 0.2) is 11.5 Å². The van der Waals surface area contributed by atoms with Crippen molar-refractivity contribution < 1.29 is 24.2 Å². The highest BCUT2D eigenvalue weighted by atomic mass is 32.1. The number of aryl methyl sites for hydroxylation is 2. The molecule has 2 aromatic carbocycles. The van der Waals surface area contributed by atoms with Crippen molar-refractivity contribution in [1.82, 2.24) is 10.2 Å². The molecule has 1 atom stereocenters. The average Bonchev–Trinajstić information content (AvgIpc) is 3.34. The van der Waals surface area contributed by atoms with Gasteiger partial charge in [0.2, 0.25) is 5.13 Å². The van der Waals surface area contributed by atoms with Crippen LogP contribution < -0.4 is 14.4 Å². The van der Waals surface area contributed by atoms with Crippen LogP contribution >= 0.6 is 11.3 Å². The number of rotatable bonds is 5. The zero-order valence-corrected chi connectivity index (χ0v) is 18.8. The monoisotopic (exact) mass is 451 g/mol. The standard InChI is InChI=1S/C23H21N3O5S/c1-12-5-7-14(8-6-12)20(27)18-19(15-9-10-16(30-3)17(11-15)31-4)26(22(29)21(18)28)23-25-24-13(2)32-23/h5-11,19,27H,1-4H3/b20-18+/t19-/m1/s1. The Labute approximate surface area is 188 Å². The number of anilines is 1. The summed E-state index contributed by atoms with van der Waals surface area (Å²) in [6.45, 7) is 3.68. The van der Waals surface area contributed by atoms with Crippen LogP contribution in [0.1, 0.15) is 27.7 Å². The van der Waals surface area contributed by atoms with E-state index in [-0.39, 0.29) is 16.5 Å². The van der Waals surface area contributed by atoms with E-state index in [1.54, 1.807) is 37.3 Å². The second kappa shape index (κ2) is 8.43. The fourth-order valence-electron chi connectivity index (χ4n) is 3.62. The van der Waals surface area contributed by atoms with E-state index in [4.69, 9.17) is 9.47 Å². The maximum absolute atomic E-state index is 13.1. The molecule has 0 radical (unpaired) electrons. The largest absolute Gasteiger partial charge is 0.507 e. The molecule has 0 unspecified atom stereocenters. The topological polar surface area (TPSA) is 102 Å². The fraction of sp³-hybridized carbons (Fsp3) is 0.217. The van der Waals surface area contributed by atoms with Gasteiger partial charge in [-0.1, -0.05) is 47.2 Å². The van der Waals surface area contributed by atoms with E-state index in [1.165, 1.54) is 30.5 Å². The second-order valence-corrected chi connectivity index (χ2v) is 8.41. The van der Waals surface area contributed by atoms with E-state index in [1.807, 2.05) is 19.1 Å². The van der Waals surface area contributed by atoms with Gasteiger partial charge >= 0.3 is 5.91 Å². The summed E-state index contributed by atoms with van der Waals surface area (Å²) in [5.41, 5.74) is 1.97. The Morgan fingerprint density at radius 2 is 1.69 bits per heavy atom. The molecule has 8 nitrogen and oxygen atoms in total. The van der Waals surface area contributed by atoms with Gasteiger partial charge in [0.25, 0.3) is 5.78 Å². The molecule has 1 aliphatic heterocycles. The Balaban J connectivity index is 1.95. The van der Waals surface area contributed by atoms with Crippen LogP contribution in [0.5, 0.6) is 11.5 Å². The quantitative estimate of drug-likeness (QED) is 0.358. The first-order valence-electron chi connectivity index (χ1n) is 9.75. The number of amides is 1. The fourth-order valence-corrected chi connectivity index (χ4v) is 4.33. The highest BCUT2D eigenvalue weighted by Gasteiger charge is 2.48. The molecule has 0 aliphatic carbocycles. The van der Waals surface area contributed by atoms with Crippen molar-refractivity contribution in [2.24, 2.45) is 0 Å². The molecule has 164 valence electrons. The molecule has 0 spiro atoms. The lowest BCUT2D eigenvalue weighted by Crippen LogP contribution is -2.29. The molecule has 1 aromatic heterocycles. The number of ketones is 1. The lowest BCUT2D eigenvalue weighted by Gasteiger charge is -2.23. The minimum Gasteiger partial charge on any atom is -0.507 e. The molecular weight excluding hydrogens is 430 g/mol. The van der Waals surface area contributed by atoms with Gasteiger partial charge in [-0.25, -0.2) is 0 Å². The molecular formula is C23H21N3O5S. The van der Waals surface area contributed by atoms with E-state index in [0.717, 1.165) is 5.56 Å². The Morgan fingerprint density at radius 1 is 1.00 bits per heavy atom. The number of nitrogens with zero attached hydrogens (tertiary/aromatic N) is 3. The molecule has 1 amide bonds. The predicted molar refractivity (Wildman–Crippen MR) is 120 cm³/mol. The van der Waals surface area contributed by atoms with Crippen LogP contribution in [-0.4, -0.2) is 41.2 Å². The first-order chi connectivity index (χ1) is 15.3. The molecule has 0 bridgehead atoms. The molecule has 1 aliphatic rings. The van der Waals surface area contributed by atoms with Crippen LogP contribution in [0.3, 0.4) is 0 Å². The number of aliphatic hydroxyl groups excluding tert-OH is 1. The number of carbonyl (C=O) groups is 2. The summed E-state index contributed by atoms with van der Waals surface area (Å²) in [5, 5.41) is 20.1. The molecule has 2 heterocycles. The summed E-state index contributed by atoms with van der Waals surface area (Å²) < 4.78 is 10.7. The number of hydrogen-bond acceptors (Lipinski definition) is 8. The molecule has 32 heavy (non-hydrogen) atoms. The molecule has 1 fully saturated rings. The average molecular weight is 452 g/mol. The zero-order valence-electron chi connectivity index (χ0n) is 17.9. The third-order valence-corrected chi connectivity index (χ3v) is 6.05. The first-order valence-corrected chi connectivity index (χ1v) is 10.6. The number of aromatic nitrogens is 2. The Bertz CT molecular complexity index is 1230. The van der Waals surface area contributed by atoms with Crippen molar-refractivity contribution in [3.05, 3.63) is 69.7 Å². The van der Waals surface area contributed by atoms with Crippen LogP contribution in [-0.2, 0) is 9.59 Å². The van der Waals surface area contributed by atoms with Gasteiger partial charge in [0, 0.05) is 5.56 Å². The lowest BCUT2D eigenvalue weighted by atomic mass is 9.95. The van der Waals surface area contributed by atoms with Gasteiger partial charge in [-0.3, -0.25) is 14.5 Å². The number of benzene rings is 2. The predicted octanol–water partition coefficient (Wildman–Crippen LogP) is 3.80. The molecule has 1 N–H and O–H groups in total. The normalized spacial score (nSPS) is 17.6. The summed E-state index contributed by atoms with van der Waals surface area (Å²) in [6, 6.07) is 11.2. The third-order valence-electron chi connectivity index (χ3n) is 5.21. The van der Waals surface area contributed by atoms with Crippen molar-refractivity contribution in [3.8, 4) is 11.5 Å². The van der Waals surface area contributed by atoms with Crippen molar-refractivity contribution in [2.75, 3.05) is 19.1 Å². The van der Waals surface area contributed by atoms with Crippen LogP contribution in [0.25, 0.3) is 5.76 Å². The van der Waals surface area contributed by atoms with Crippen molar-refractivity contribution in [1.29, 1.82) is 0 Å². The van der Waals surface area contributed by atoms with E-state index in [9.17, 15) is 14.7 Å². The summed E-state index contributed by atoms with van der Waals surface area (Å²) in [4.78, 5) is 27.5. The van der Waals surface area contributed by atoms with E-state index >= 15 is 0 Å². The van der Waals surface area contributed by atoms with Crippen LogP contribution in [0.2, 0.25) is 0 Å². The van der Waals surface area contributed by atoms with E-state index < -0.39 is 17.7 Å². The smallest absolute Gasteiger partial charge is 0.301 e. The lowest BCUT2D eigenvalue weighted by molar-refractivity contribution is -0.132. The third kappa shape index (κ3) is 3.60. The van der Waals surface area contributed by atoms with Crippen LogP contribution in [0, 0.1) is 13.8 Å². The second-order valence-electron chi connectivity index (χ2n) is 7.25. The summed E-state index contributed by atoms with van der Waals surface area (Å²) in [5.74, 6) is -0.907. The number of ether oxygens (including phenoxy) is 2. The Kier molecular flexibility index (Phi) is 5.67. The maximum atomic E-state index is 13.1. The number of methoxy groups -OCH3 is 2. The van der Waals surface area contributed by atoms with Gasteiger partial charge < -0.3 is 14.6 Å². The van der Waals surface area contributed by atoms with Crippen molar-refractivity contribution in [3.63, 3.8) is 0 Å². The van der Waals surface area contributed by atoms with Crippen molar-refractivity contribution >= 4 is 33.9 Å². The first kappa shape index (κ1) is 21.5. The molecule has 4 rings (SSSR count).